The van der Waals surface area contributed by atoms with Crippen molar-refractivity contribution >= 4 is 28.2 Å². The summed E-state index contributed by atoms with van der Waals surface area (Å²) < 4.78 is 2.08. The highest BCUT2D eigenvalue weighted by atomic mass is 15.3. The summed E-state index contributed by atoms with van der Waals surface area (Å²) in [6.07, 6.45) is 1.06. The number of nitrogens with zero attached hydrogens (tertiary/aromatic N) is 6. The Balaban J connectivity index is 1.19. The molecule has 32 heavy (non-hydrogen) atoms. The van der Waals surface area contributed by atoms with Crippen LogP contribution in [0.5, 0.6) is 0 Å². The fourth-order valence-electron chi connectivity index (χ4n) is 4.78. The van der Waals surface area contributed by atoms with E-state index in [0.717, 1.165) is 67.5 Å². The van der Waals surface area contributed by atoms with Crippen LogP contribution in [-0.4, -0.2) is 63.2 Å². The van der Waals surface area contributed by atoms with Crippen molar-refractivity contribution in [2.75, 3.05) is 42.9 Å². The average Bonchev–Trinajstić information content (AvgIpc) is 3.19. The summed E-state index contributed by atoms with van der Waals surface area (Å²) in [4.78, 5) is 9.91. The maximum atomic E-state index is 4.81. The monoisotopic (exact) mass is 429 g/mol. The van der Waals surface area contributed by atoms with Crippen LogP contribution < -0.4 is 10.2 Å². The summed E-state index contributed by atoms with van der Waals surface area (Å²) in [5, 5.41) is 12.1. The van der Waals surface area contributed by atoms with Gasteiger partial charge in [-0.2, -0.15) is 0 Å². The van der Waals surface area contributed by atoms with Gasteiger partial charge >= 0.3 is 0 Å². The van der Waals surface area contributed by atoms with E-state index in [9.17, 15) is 0 Å². The van der Waals surface area contributed by atoms with Crippen molar-refractivity contribution in [2.45, 2.75) is 33.2 Å². The summed E-state index contributed by atoms with van der Waals surface area (Å²) in [6.45, 7) is 11.7. The molecule has 1 N–H and O–H groups in total. The summed E-state index contributed by atoms with van der Waals surface area (Å²) >= 11 is 0. The number of fused-ring (bicyclic) bond motifs is 3. The summed E-state index contributed by atoms with van der Waals surface area (Å²) in [5.41, 5.74) is 5.44. The molecule has 1 aliphatic rings. The number of aryl methyl sites for hydroxylation is 2. The van der Waals surface area contributed by atoms with E-state index >= 15 is 0 Å². The smallest absolute Gasteiger partial charge is 0.204 e. The number of benzene rings is 2. The zero-order chi connectivity index (χ0) is 22.1. The molecular formula is C25H31N7. The molecule has 0 radical (unpaired) electrons. The molecule has 4 aromatic rings. The standard InChI is InChI=1S/C25H31N7/c1-18-8-6-9-21(16-18)31-15-14-30(17-19(31)2)13-7-12-26-24-25-29-28-20(3)32(25)23-11-5-4-10-22(23)27-24/h4-6,8-11,16,19H,7,12-15,17H2,1-3H3,(H,26,27). The molecule has 0 bridgehead atoms. The van der Waals surface area contributed by atoms with Crippen LogP contribution in [0, 0.1) is 13.8 Å². The van der Waals surface area contributed by atoms with Crippen molar-refractivity contribution in [3.63, 3.8) is 0 Å². The minimum absolute atomic E-state index is 0.513. The number of piperazine rings is 1. The number of para-hydroxylation sites is 2. The van der Waals surface area contributed by atoms with E-state index in [2.05, 4.69) is 73.9 Å². The van der Waals surface area contributed by atoms with E-state index in [-0.39, 0.29) is 0 Å². The van der Waals surface area contributed by atoms with Crippen molar-refractivity contribution in [1.82, 2.24) is 24.5 Å². The lowest BCUT2D eigenvalue weighted by Gasteiger charge is -2.41. The van der Waals surface area contributed by atoms with Crippen molar-refractivity contribution in [3.05, 3.63) is 59.9 Å². The van der Waals surface area contributed by atoms with E-state index in [4.69, 9.17) is 4.98 Å². The van der Waals surface area contributed by atoms with Gasteiger partial charge in [0.25, 0.3) is 0 Å². The van der Waals surface area contributed by atoms with Crippen molar-refractivity contribution in [2.24, 2.45) is 0 Å². The number of rotatable bonds is 6. The Bertz CT molecular complexity index is 1230. The molecule has 7 heteroatoms. The molecule has 0 saturated carbocycles. The summed E-state index contributed by atoms with van der Waals surface area (Å²) in [6, 6.07) is 17.5. The third-order valence-corrected chi connectivity index (χ3v) is 6.38. The van der Waals surface area contributed by atoms with E-state index in [1.54, 1.807) is 0 Å². The molecule has 7 nitrogen and oxygen atoms in total. The van der Waals surface area contributed by atoms with Crippen LogP contribution in [0.1, 0.15) is 24.7 Å². The minimum atomic E-state index is 0.513. The first-order chi connectivity index (χ1) is 15.6. The fraction of sp³-hybridized carbons (Fsp3) is 0.400. The van der Waals surface area contributed by atoms with Gasteiger partial charge in [-0.15, -0.1) is 10.2 Å². The Morgan fingerprint density at radius 3 is 2.75 bits per heavy atom. The van der Waals surface area contributed by atoms with Crippen LogP contribution in [-0.2, 0) is 0 Å². The normalized spacial score (nSPS) is 17.3. The lowest BCUT2D eigenvalue weighted by atomic mass is 10.1. The van der Waals surface area contributed by atoms with E-state index in [1.165, 1.54) is 11.3 Å². The van der Waals surface area contributed by atoms with Gasteiger partial charge in [0, 0.05) is 37.9 Å². The molecule has 0 spiro atoms. The van der Waals surface area contributed by atoms with E-state index < -0.39 is 0 Å². The predicted octanol–water partition coefficient (Wildman–Crippen LogP) is 3.91. The number of nitrogens with one attached hydrogen (secondary N) is 1. The molecule has 1 saturated heterocycles. The Morgan fingerprint density at radius 1 is 1.03 bits per heavy atom. The molecular weight excluding hydrogens is 398 g/mol. The number of anilines is 2. The van der Waals surface area contributed by atoms with Gasteiger partial charge in [-0.25, -0.2) is 4.98 Å². The van der Waals surface area contributed by atoms with Crippen LogP contribution >= 0.6 is 0 Å². The maximum Gasteiger partial charge on any atom is 0.204 e. The number of aromatic nitrogens is 4. The maximum absolute atomic E-state index is 4.81. The van der Waals surface area contributed by atoms with Gasteiger partial charge in [0.05, 0.1) is 11.0 Å². The molecule has 2 aromatic carbocycles. The SMILES string of the molecule is Cc1cccc(N2CCN(CCCNc3nc4ccccc4n4c(C)nnc34)CC2C)c1. The van der Waals surface area contributed by atoms with Gasteiger partial charge in [0.1, 0.15) is 5.82 Å². The van der Waals surface area contributed by atoms with Gasteiger partial charge in [0.2, 0.25) is 5.65 Å². The van der Waals surface area contributed by atoms with Crippen LogP contribution in [0.25, 0.3) is 16.7 Å². The zero-order valence-electron chi connectivity index (χ0n) is 19.1. The van der Waals surface area contributed by atoms with Gasteiger partial charge in [-0.1, -0.05) is 24.3 Å². The first kappa shape index (κ1) is 20.7. The summed E-state index contributed by atoms with van der Waals surface area (Å²) in [5.74, 6) is 1.68. The second-order valence-corrected chi connectivity index (χ2v) is 8.82. The van der Waals surface area contributed by atoms with Crippen molar-refractivity contribution < 1.29 is 0 Å². The largest absolute Gasteiger partial charge is 0.367 e. The fourth-order valence-corrected chi connectivity index (χ4v) is 4.78. The Kier molecular flexibility index (Phi) is 5.66. The first-order valence-electron chi connectivity index (χ1n) is 11.5. The molecule has 166 valence electrons. The second kappa shape index (κ2) is 8.74. The Hall–Kier alpha value is -3.19. The Morgan fingerprint density at radius 2 is 1.91 bits per heavy atom. The van der Waals surface area contributed by atoms with Crippen LogP contribution in [0.4, 0.5) is 11.5 Å². The highest BCUT2D eigenvalue weighted by Crippen LogP contribution is 2.23. The molecule has 1 aliphatic heterocycles. The molecule has 2 aromatic heterocycles. The third kappa shape index (κ3) is 4.00. The minimum Gasteiger partial charge on any atom is -0.367 e. The zero-order valence-corrected chi connectivity index (χ0v) is 19.1. The average molecular weight is 430 g/mol. The lowest BCUT2D eigenvalue weighted by Crippen LogP contribution is -2.52. The van der Waals surface area contributed by atoms with Crippen LogP contribution in [0.2, 0.25) is 0 Å². The van der Waals surface area contributed by atoms with E-state index in [0.29, 0.717) is 6.04 Å². The van der Waals surface area contributed by atoms with Crippen molar-refractivity contribution in [3.8, 4) is 0 Å². The van der Waals surface area contributed by atoms with Gasteiger partial charge in [-0.05, 0) is 63.6 Å². The van der Waals surface area contributed by atoms with Gasteiger partial charge in [0.15, 0.2) is 5.82 Å². The Labute approximate surface area is 189 Å². The van der Waals surface area contributed by atoms with Gasteiger partial charge in [-0.3, -0.25) is 9.30 Å². The number of hydrogen-bond acceptors (Lipinski definition) is 6. The van der Waals surface area contributed by atoms with Crippen LogP contribution in [0.3, 0.4) is 0 Å². The number of hydrogen-bond donors (Lipinski definition) is 1. The van der Waals surface area contributed by atoms with Gasteiger partial charge < -0.3 is 10.2 Å². The molecule has 0 aliphatic carbocycles. The topological polar surface area (TPSA) is 61.6 Å². The molecule has 1 unspecified atom stereocenters. The first-order valence-corrected chi connectivity index (χ1v) is 11.5. The quantitative estimate of drug-likeness (QED) is 0.469. The molecule has 5 rings (SSSR count). The highest BCUT2D eigenvalue weighted by Gasteiger charge is 2.23. The molecule has 3 heterocycles. The predicted molar refractivity (Wildman–Crippen MR) is 131 cm³/mol. The lowest BCUT2D eigenvalue weighted by molar-refractivity contribution is 0.228. The third-order valence-electron chi connectivity index (χ3n) is 6.38. The molecule has 0 amide bonds. The van der Waals surface area contributed by atoms with Crippen LogP contribution in [0.15, 0.2) is 48.5 Å². The molecule has 1 atom stereocenters. The highest BCUT2D eigenvalue weighted by molar-refractivity contribution is 5.82. The second-order valence-electron chi connectivity index (χ2n) is 8.82. The molecule has 1 fully saturated rings. The summed E-state index contributed by atoms with van der Waals surface area (Å²) in [7, 11) is 0. The van der Waals surface area contributed by atoms with Crippen molar-refractivity contribution in [1.29, 1.82) is 0 Å². The van der Waals surface area contributed by atoms with E-state index in [1.807, 2.05) is 25.1 Å².